The van der Waals surface area contributed by atoms with Crippen LogP contribution in [0.4, 0.5) is 0 Å². The first kappa shape index (κ1) is 14.5. The number of rotatable bonds is 0. The summed E-state index contributed by atoms with van der Waals surface area (Å²) in [7, 11) is 0. The lowest BCUT2D eigenvalue weighted by atomic mass is 10.3. The second-order valence-electron chi connectivity index (χ2n) is 7.07. The normalized spacial score (nSPS) is 21.9. The summed E-state index contributed by atoms with van der Waals surface area (Å²) in [6, 6.07) is 6.37. The third-order valence-electron chi connectivity index (χ3n) is 4.88. The highest BCUT2D eigenvalue weighted by atomic mass is 15.5. The van der Waals surface area contributed by atoms with Crippen molar-refractivity contribution in [2.75, 3.05) is 33.3 Å². The molecule has 0 amide bonds. The number of hydrogen-bond donors (Lipinski definition) is 0. The Hall–Kier alpha value is -2.83. The molecule has 0 saturated carbocycles. The minimum atomic E-state index is 0.852. The molecule has 1 aromatic heterocycles. The molecular formula is C18H23N7. The highest BCUT2D eigenvalue weighted by Gasteiger charge is 2.21. The monoisotopic (exact) mass is 337 g/mol. The van der Waals surface area contributed by atoms with E-state index >= 15 is 0 Å². The molecule has 25 heavy (non-hydrogen) atoms. The highest BCUT2D eigenvalue weighted by molar-refractivity contribution is 5.13. The molecule has 5 rings (SSSR count). The SMILES string of the molecule is C1=CN2CN1Cc1cccc(n1)CN1C=CN(C1)CN1C=CN(C2)C1. The summed E-state index contributed by atoms with van der Waals surface area (Å²) in [6.07, 6.45) is 13.1. The molecule has 0 radical (unpaired) electrons. The summed E-state index contributed by atoms with van der Waals surface area (Å²) in [5.74, 6) is 0. The predicted octanol–water partition coefficient (Wildman–Crippen LogP) is 1.15. The van der Waals surface area contributed by atoms with Crippen LogP contribution in [0.25, 0.3) is 0 Å². The zero-order valence-electron chi connectivity index (χ0n) is 14.3. The van der Waals surface area contributed by atoms with Crippen molar-refractivity contribution in [3.8, 4) is 0 Å². The second kappa shape index (κ2) is 5.91. The second-order valence-corrected chi connectivity index (χ2v) is 7.07. The summed E-state index contributed by atoms with van der Waals surface area (Å²) < 4.78 is 0. The first-order chi connectivity index (χ1) is 12.3. The largest absolute Gasteiger partial charge is 0.353 e. The average Bonchev–Trinajstić information content (AvgIpc) is 3.31. The Kier molecular flexibility index (Phi) is 3.43. The van der Waals surface area contributed by atoms with Crippen LogP contribution in [-0.2, 0) is 13.1 Å². The maximum atomic E-state index is 4.86. The highest BCUT2D eigenvalue weighted by Crippen LogP contribution is 2.17. The van der Waals surface area contributed by atoms with Crippen molar-refractivity contribution in [2.45, 2.75) is 13.1 Å². The first-order valence-electron chi connectivity index (χ1n) is 8.74. The van der Waals surface area contributed by atoms with Crippen molar-refractivity contribution in [3.63, 3.8) is 0 Å². The minimum Gasteiger partial charge on any atom is -0.353 e. The van der Waals surface area contributed by atoms with Gasteiger partial charge < -0.3 is 29.4 Å². The smallest absolute Gasteiger partial charge is 0.0927 e. The summed E-state index contributed by atoms with van der Waals surface area (Å²) >= 11 is 0. The number of pyridine rings is 1. The molecule has 7 heteroatoms. The number of aromatic nitrogens is 1. The number of hydrogen-bond acceptors (Lipinski definition) is 7. The van der Waals surface area contributed by atoms with Gasteiger partial charge in [-0.1, -0.05) is 6.07 Å². The standard InChI is InChI=1S/C18H23N7/c1-2-17-10-20-4-6-22(12-20)14-24-8-9-25(16-24)15-23-7-5-21(13-23)11-18(3-1)19-17/h1-9H,10-16H2. The van der Waals surface area contributed by atoms with Gasteiger partial charge in [0.05, 0.1) is 57.8 Å². The molecule has 0 aromatic carbocycles. The van der Waals surface area contributed by atoms with Gasteiger partial charge in [0.25, 0.3) is 0 Å². The van der Waals surface area contributed by atoms with E-state index in [0.717, 1.165) is 57.8 Å². The van der Waals surface area contributed by atoms with Crippen LogP contribution in [0.1, 0.15) is 11.4 Å². The molecule has 7 nitrogen and oxygen atoms in total. The maximum absolute atomic E-state index is 4.86. The van der Waals surface area contributed by atoms with Crippen molar-refractivity contribution in [2.24, 2.45) is 0 Å². The Morgan fingerprint density at radius 2 is 0.880 bits per heavy atom. The van der Waals surface area contributed by atoms with Crippen LogP contribution < -0.4 is 0 Å². The van der Waals surface area contributed by atoms with Gasteiger partial charge in [-0.25, -0.2) is 0 Å². The van der Waals surface area contributed by atoms with Gasteiger partial charge >= 0.3 is 0 Å². The summed E-state index contributed by atoms with van der Waals surface area (Å²) in [5.41, 5.74) is 2.26. The molecule has 0 unspecified atom stereocenters. The Labute approximate surface area is 148 Å². The lowest BCUT2D eigenvalue weighted by molar-refractivity contribution is 0.128. The Morgan fingerprint density at radius 3 is 1.32 bits per heavy atom. The fourth-order valence-electron chi connectivity index (χ4n) is 3.71. The van der Waals surface area contributed by atoms with Gasteiger partial charge in [0.2, 0.25) is 0 Å². The Balaban J connectivity index is 1.38. The predicted molar refractivity (Wildman–Crippen MR) is 94.4 cm³/mol. The van der Waals surface area contributed by atoms with Gasteiger partial charge in [0, 0.05) is 37.2 Å². The lowest BCUT2D eigenvalue weighted by Gasteiger charge is -2.30. The number of fused-ring (bicyclic) bond motifs is 8. The first-order valence-corrected chi connectivity index (χ1v) is 8.74. The molecule has 5 heterocycles. The van der Waals surface area contributed by atoms with Crippen LogP contribution in [0.5, 0.6) is 0 Å². The minimum absolute atomic E-state index is 0.852. The number of nitrogens with zero attached hydrogens (tertiary/aromatic N) is 7. The van der Waals surface area contributed by atoms with Crippen molar-refractivity contribution in [1.82, 2.24) is 34.4 Å². The quantitative estimate of drug-likeness (QED) is 0.702. The molecule has 0 spiro atoms. The van der Waals surface area contributed by atoms with Crippen LogP contribution in [0.3, 0.4) is 0 Å². The van der Waals surface area contributed by atoms with Crippen LogP contribution in [0.2, 0.25) is 0 Å². The third kappa shape index (κ3) is 3.09. The molecule has 0 atom stereocenters. The molecular weight excluding hydrogens is 314 g/mol. The van der Waals surface area contributed by atoms with Crippen LogP contribution in [-0.4, -0.2) is 67.7 Å². The van der Waals surface area contributed by atoms with Crippen molar-refractivity contribution in [1.29, 1.82) is 0 Å². The summed E-state index contributed by atoms with van der Waals surface area (Å²) in [5, 5.41) is 0. The molecule has 0 fully saturated rings. The molecule has 4 aliphatic heterocycles. The van der Waals surface area contributed by atoms with E-state index in [9.17, 15) is 0 Å². The van der Waals surface area contributed by atoms with Gasteiger partial charge in [0.15, 0.2) is 0 Å². The molecule has 1 aromatic rings. The summed E-state index contributed by atoms with van der Waals surface area (Å²) in [6.45, 7) is 6.29. The molecule has 0 aliphatic carbocycles. The van der Waals surface area contributed by atoms with E-state index in [0.29, 0.717) is 0 Å². The lowest BCUT2D eigenvalue weighted by Crippen LogP contribution is -2.39. The van der Waals surface area contributed by atoms with Gasteiger partial charge in [0.1, 0.15) is 0 Å². The average molecular weight is 337 g/mol. The van der Waals surface area contributed by atoms with Crippen molar-refractivity contribution >= 4 is 0 Å². The van der Waals surface area contributed by atoms with E-state index in [1.807, 2.05) is 0 Å². The van der Waals surface area contributed by atoms with Crippen molar-refractivity contribution < 1.29 is 0 Å². The van der Waals surface area contributed by atoms with Crippen LogP contribution in [0.15, 0.2) is 55.4 Å². The van der Waals surface area contributed by atoms with Crippen molar-refractivity contribution in [3.05, 3.63) is 66.8 Å². The fraction of sp³-hybridized carbons (Fsp3) is 0.389. The Morgan fingerprint density at radius 1 is 0.520 bits per heavy atom. The topological polar surface area (TPSA) is 32.3 Å². The van der Waals surface area contributed by atoms with E-state index in [4.69, 9.17) is 4.98 Å². The zero-order chi connectivity index (χ0) is 16.6. The van der Waals surface area contributed by atoms with E-state index in [2.05, 4.69) is 84.8 Å². The molecule has 8 bridgehead atoms. The molecule has 0 saturated heterocycles. The van der Waals surface area contributed by atoms with Crippen LogP contribution >= 0.6 is 0 Å². The van der Waals surface area contributed by atoms with Crippen LogP contribution in [0, 0.1) is 0 Å². The third-order valence-corrected chi connectivity index (χ3v) is 4.88. The van der Waals surface area contributed by atoms with E-state index in [1.54, 1.807) is 0 Å². The van der Waals surface area contributed by atoms with Gasteiger partial charge in [-0.15, -0.1) is 0 Å². The van der Waals surface area contributed by atoms with E-state index in [1.165, 1.54) is 0 Å². The Bertz CT molecular complexity index is 673. The van der Waals surface area contributed by atoms with Gasteiger partial charge in [-0.05, 0) is 12.1 Å². The molecule has 0 N–H and O–H groups in total. The fourth-order valence-corrected chi connectivity index (χ4v) is 3.71. The summed E-state index contributed by atoms with van der Waals surface area (Å²) in [4.78, 5) is 18.8. The maximum Gasteiger partial charge on any atom is 0.0927 e. The molecule has 130 valence electrons. The van der Waals surface area contributed by atoms with Gasteiger partial charge in [-0.2, -0.15) is 0 Å². The van der Waals surface area contributed by atoms with Gasteiger partial charge in [-0.3, -0.25) is 4.98 Å². The van der Waals surface area contributed by atoms with E-state index < -0.39 is 0 Å². The molecule has 4 aliphatic rings. The van der Waals surface area contributed by atoms with E-state index in [-0.39, 0.29) is 0 Å². The zero-order valence-corrected chi connectivity index (χ0v) is 14.3.